The molecule has 0 saturated carbocycles. The Hall–Kier alpha value is -1.46. The number of thiazole rings is 1. The first-order chi connectivity index (χ1) is 9.30. The van der Waals surface area contributed by atoms with E-state index in [0.717, 1.165) is 44.4 Å². The van der Waals surface area contributed by atoms with Crippen LogP contribution in [0.2, 0.25) is 0 Å². The number of aryl methyl sites for hydroxylation is 1. The molecule has 0 unspecified atom stereocenters. The van der Waals surface area contributed by atoms with Crippen molar-refractivity contribution in [2.75, 3.05) is 13.1 Å². The Morgan fingerprint density at radius 1 is 1.42 bits per heavy atom. The predicted molar refractivity (Wildman–Crippen MR) is 76.8 cm³/mol. The molecule has 1 aliphatic rings. The van der Waals surface area contributed by atoms with Crippen LogP contribution < -0.4 is 0 Å². The molecule has 4 nitrogen and oxygen atoms in total. The lowest BCUT2D eigenvalue weighted by Gasteiger charge is -2.23. The minimum absolute atomic E-state index is 0.800. The summed E-state index contributed by atoms with van der Waals surface area (Å²) in [6.07, 6.45) is 2.97. The Morgan fingerprint density at radius 3 is 3.11 bits per heavy atom. The third kappa shape index (κ3) is 2.48. The number of carbonyl (C=O) groups excluding carboxylic acids is 1. The van der Waals surface area contributed by atoms with Crippen LogP contribution >= 0.6 is 11.3 Å². The zero-order valence-corrected chi connectivity index (χ0v) is 11.8. The van der Waals surface area contributed by atoms with Crippen LogP contribution in [0.3, 0.4) is 0 Å². The minimum atomic E-state index is 0.800. The molecule has 0 spiro atoms. The van der Waals surface area contributed by atoms with Gasteiger partial charge in [0.15, 0.2) is 0 Å². The molecule has 0 radical (unpaired) electrons. The average molecular weight is 275 g/mol. The van der Waals surface area contributed by atoms with Crippen molar-refractivity contribution in [3.8, 4) is 0 Å². The van der Waals surface area contributed by atoms with Crippen LogP contribution in [0.25, 0.3) is 10.2 Å². The molecule has 0 N–H and O–H groups in total. The van der Waals surface area contributed by atoms with Crippen molar-refractivity contribution in [1.82, 2.24) is 15.0 Å². The summed E-state index contributed by atoms with van der Waals surface area (Å²) < 4.78 is 1.24. The maximum absolute atomic E-state index is 10.9. The number of hydrazine groups is 1. The third-order valence-corrected chi connectivity index (χ3v) is 4.62. The van der Waals surface area contributed by atoms with Crippen molar-refractivity contribution in [2.45, 2.75) is 26.3 Å². The second-order valence-corrected chi connectivity index (χ2v) is 5.89. The van der Waals surface area contributed by atoms with Gasteiger partial charge in [0.25, 0.3) is 0 Å². The summed E-state index contributed by atoms with van der Waals surface area (Å²) in [6, 6.07) is 6.40. The molecule has 1 aromatic carbocycles. The number of amides is 1. The predicted octanol–water partition coefficient (Wildman–Crippen LogP) is 2.44. The van der Waals surface area contributed by atoms with Crippen molar-refractivity contribution >= 4 is 28.0 Å². The van der Waals surface area contributed by atoms with E-state index >= 15 is 0 Å². The fourth-order valence-electron chi connectivity index (χ4n) is 2.45. The van der Waals surface area contributed by atoms with Crippen LogP contribution in [0.1, 0.15) is 23.9 Å². The Morgan fingerprint density at radius 2 is 2.32 bits per heavy atom. The maximum Gasteiger partial charge on any atom is 0.224 e. The van der Waals surface area contributed by atoms with E-state index in [1.165, 1.54) is 15.3 Å². The lowest BCUT2D eigenvalue weighted by atomic mass is 10.2. The van der Waals surface area contributed by atoms with Gasteiger partial charge >= 0.3 is 0 Å². The highest BCUT2D eigenvalue weighted by Gasteiger charge is 2.20. The number of aromatic nitrogens is 1. The van der Waals surface area contributed by atoms with Crippen molar-refractivity contribution in [1.29, 1.82) is 0 Å². The van der Waals surface area contributed by atoms with Crippen LogP contribution in [-0.2, 0) is 17.8 Å². The molecular formula is C14H17N3OS. The van der Waals surface area contributed by atoms with E-state index in [1.807, 2.05) is 0 Å². The standard InChI is InChI=1S/C14H17N3OS/c1-2-14-15-12-5-4-11(8-13(12)19-14)9-16-6-3-7-17(16)10-18/h4-5,8,10H,2-3,6-7,9H2,1H3. The molecule has 1 amide bonds. The van der Waals surface area contributed by atoms with Crippen LogP contribution in [0.5, 0.6) is 0 Å². The second kappa shape index (κ2) is 5.27. The first-order valence-corrected chi connectivity index (χ1v) is 7.47. The van der Waals surface area contributed by atoms with Gasteiger partial charge < -0.3 is 0 Å². The summed E-state index contributed by atoms with van der Waals surface area (Å²) in [5.74, 6) is 0. The number of fused-ring (bicyclic) bond motifs is 1. The second-order valence-electron chi connectivity index (χ2n) is 4.77. The van der Waals surface area contributed by atoms with Gasteiger partial charge in [-0.05, 0) is 30.5 Å². The summed E-state index contributed by atoms with van der Waals surface area (Å²) in [4.78, 5) is 15.5. The van der Waals surface area contributed by atoms with Crippen molar-refractivity contribution in [2.24, 2.45) is 0 Å². The molecule has 1 aliphatic heterocycles. The fraction of sp³-hybridized carbons (Fsp3) is 0.429. The SMILES string of the molecule is CCc1nc2ccc(CN3CCCN3C=O)cc2s1. The fourth-order valence-corrected chi connectivity index (χ4v) is 3.42. The summed E-state index contributed by atoms with van der Waals surface area (Å²) in [5, 5.41) is 5.06. The molecular weight excluding hydrogens is 258 g/mol. The third-order valence-electron chi connectivity index (χ3n) is 3.45. The van der Waals surface area contributed by atoms with Gasteiger partial charge in [-0.1, -0.05) is 13.0 Å². The lowest BCUT2D eigenvalue weighted by Crippen LogP contribution is -2.34. The number of hydrogen-bond donors (Lipinski definition) is 0. The Balaban J connectivity index is 1.82. The first-order valence-electron chi connectivity index (χ1n) is 6.65. The maximum atomic E-state index is 10.9. The average Bonchev–Trinajstić information content (AvgIpc) is 3.03. The van der Waals surface area contributed by atoms with E-state index in [9.17, 15) is 4.79 Å². The van der Waals surface area contributed by atoms with E-state index < -0.39 is 0 Å². The summed E-state index contributed by atoms with van der Waals surface area (Å²) in [6.45, 7) is 4.73. The van der Waals surface area contributed by atoms with Crippen LogP contribution in [-0.4, -0.2) is 34.5 Å². The number of hydrogen-bond acceptors (Lipinski definition) is 4. The Bertz CT molecular complexity index is 595. The van der Waals surface area contributed by atoms with E-state index in [-0.39, 0.29) is 0 Å². The van der Waals surface area contributed by atoms with Gasteiger partial charge in [-0.25, -0.2) is 9.99 Å². The van der Waals surface area contributed by atoms with E-state index in [2.05, 4.69) is 35.1 Å². The van der Waals surface area contributed by atoms with Gasteiger partial charge in [0.1, 0.15) is 0 Å². The van der Waals surface area contributed by atoms with Gasteiger partial charge in [0.2, 0.25) is 6.41 Å². The topological polar surface area (TPSA) is 36.4 Å². The van der Waals surface area contributed by atoms with E-state index in [1.54, 1.807) is 16.3 Å². The van der Waals surface area contributed by atoms with Crippen molar-refractivity contribution < 1.29 is 4.79 Å². The van der Waals surface area contributed by atoms with Crippen molar-refractivity contribution in [3.05, 3.63) is 28.8 Å². The van der Waals surface area contributed by atoms with Gasteiger partial charge in [-0.3, -0.25) is 9.80 Å². The summed E-state index contributed by atoms with van der Waals surface area (Å²) in [7, 11) is 0. The van der Waals surface area contributed by atoms with Crippen LogP contribution in [0, 0.1) is 0 Å². The van der Waals surface area contributed by atoms with Crippen LogP contribution in [0.15, 0.2) is 18.2 Å². The van der Waals surface area contributed by atoms with Crippen molar-refractivity contribution in [3.63, 3.8) is 0 Å². The molecule has 0 bridgehead atoms. The number of benzene rings is 1. The molecule has 3 rings (SSSR count). The highest BCUT2D eigenvalue weighted by molar-refractivity contribution is 7.18. The largest absolute Gasteiger partial charge is 0.278 e. The molecule has 1 fully saturated rings. The number of nitrogens with zero attached hydrogens (tertiary/aromatic N) is 3. The lowest BCUT2D eigenvalue weighted by molar-refractivity contribution is -0.129. The molecule has 0 aliphatic carbocycles. The molecule has 100 valence electrons. The number of rotatable bonds is 4. The van der Waals surface area contributed by atoms with E-state index in [0.29, 0.717) is 0 Å². The zero-order chi connectivity index (χ0) is 13.2. The van der Waals surface area contributed by atoms with Gasteiger partial charge in [0, 0.05) is 19.6 Å². The molecule has 2 heterocycles. The monoisotopic (exact) mass is 275 g/mol. The number of carbonyl (C=O) groups is 1. The minimum Gasteiger partial charge on any atom is -0.278 e. The van der Waals surface area contributed by atoms with Gasteiger partial charge in [0.05, 0.1) is 15.2 Å². The van der Waals surface area contributed by atoms with E-state index in [4.69, 9.17) is 0 Å². The van der Waals surface area contributed by atoms with Gasteiger partial charge in [-0.15, -0.1) is 11.3 Å². The molecule has 19 heavy (non-hydrogen) atoms. The highest BCUT2D eigenvalue weighted by Crippen LogP contribution is 2.24. The smallest absolute Gasteiger partial charge is 0.224 e. The van der Waals surface area contributed by atoms with Crippen LogP contribution in [0.4, 0.5) is 0 Å². The normalized spacial score (nSPS) is 16.4. The summed E-state index contributed by atoms with van der Waals surface area (Å²) >= 11 is 1.76. The molecule has 5 heteroatoms. The first kappa shape index (κ1) is 12.6. The zero-order valence-electron chi connectivity index (χ0n) is 11.0. The molecule has 1 aromatic heterocycles. The highest BCUT2D eigenvalue weighted by atomic mass is 32.1. The molecule has 0 atom stereocenters. The Labute approximate surface area is 116 Å². The molecule has 1 saturated heterocycles. The Kier molecular flexibility index (Phi) is 3.48. The summed E-state index contributed by atoms with van der Waals surface area (Å²) in [5.41, 5.74) is 2.33. The molecule has 2 aromatic rings. The quantitative estimate of drug-likeness (QED) is 0.804. The van der Waals surface area contributed by atoms with Gasteiger partial charge in [-0.2, -0.15) is 0 Å².